The van der Waals surface area contributed by atoms with E-state index in [1.807, 2.05) is 32.2 Å². The maximum Gasteiger partial charge on any atom is 0.211 e. The van der Waals surface area contributed by atoms with Gasteiger partial charge in [-0.1, -0.05) is 12.1 Å². The Morgan fingerprint density at radius 2 is 2.14 bits per heavy atom. The number of rotatable bonds is 2. The molecule has 1 aliphatic heterocycles. The Morgan fingerprint density at radius 1 is 1.38 bits per heavy atom. The van der Waals surface area contributed by atoms with Crippen LogP contribution in [0.4, 0.5) is 0 Å². The molecule has 0 amide bonds. The lowest BCUT2D eigenvalue weighted by molar-refractivity contribution is 0.154. The van der Waals surface area contributed by atoms with Crippen LogP contribution >= 0.6 is 0 Å². The third-order valence-electron chi connectivity index (χ3n) is 4.46. The summed E-state index contributed by atoms with van der Waals surface area (Å²) in [5, 5.41) is 8.26. The number of aromatic amines is 1. The predicted octanol–water partition coefficient (Wildman–Crippen LogP) is 2.48. The summed E-state index contributed by atoms with van der Waals surface area (Å²) in [4.78, 5) is 0. The Balaban J connectivity index is 1.95. The van der Waals surface area contributed by atoms with Gasteiger partial charge in [0.1, 0.15) is 0 Å². The zero-order chi connectivity index (χ0) is 15.3. The Hall–Kier alpha value is -1.40. The van der Waals surface area contributed by atoms with E-state index in [0.29, 0.717) is 12.5 Å². The summed E-state index contributed by atoms with van der Waals surface area (Å²) in [5.41, 5.74) is 1.95. The molecule has 2 heterocycles. The van der Waals surface area contributed by atoms with Crippen molar-refractivity contribution in [3.8, 4) is 0 Å². The number of aromatic nitrogens is 2. The highest BCUT2D eigenvalue weighted by molar-refractivity contribution is 7.88. The first-order chi connectivity index (χ1) is 9.79. The first kappa shape index (κ1) is 14.5. The zero-order valence-corrected chi connectivity index (χ0v) is 13.4. The van der Waals surface area contributed by atoms with Crippen LogP contribution in [0.1, 0.15) is 38.2 Å². The lowest BCUT2D eigenvalue weighted by Gasteiger charge is -2.44. The number of nitrogens with one attached hydrogen (secondary N) is 1. The average Bonchev–Trinajstić information content (AvgIpc) is 2.83. The van der Waals surface area contributed by atoms with Gasteiger partial charge in [0, 0.05) is 17.5 Å². The van der Waals surface area contributed by atoms with E-state index >= 15 is 0 Å². The molecule has 1 aliphatic rings. The molecule has 114 valence electrons. The second kappa shape index (κ2) is 4.81. The third-order valence-corrected chi connectivity index (χ3v) is 5.94. The van der Waals surface area contributed by atoms with E-state index < -0.39 is 10.0 Å². The predicted molar refractivity (Wildman–Crippen MR) is 83.7 cm³/mol. The molecular formula is C15H21N3O2S. The Morgan fingerprint density at radius 3 is 2.81 bits per heavy atom. The van der Waals surface area contributed by atoms with Gasteiger partial charge in [0.2, 0.25) is 10.0 Å². The lowest BCUT2D eigenvalue weighted by Crippen LogP contribution is -2.51. The average molecular weight is 307 g/mol. The van der Waals surface area contributed by atoms with E-state index in [1.165, 1.54) is 11.8 Å². The van der Waals surface area contributed by atoms with Crippen molar-refractivity contribution in [3.63, 3.8) is 0 Å². The summed E-state index contributed by atoms with van der Waals surface area (Å²) in [6, 6.07) is 6.18. The van der Waals surface area contributed by atoms with Crippen LogP contribution in [0.3, 0.4) is 0 Å². The molecule has 2 aromatic rings. The van der Waals surface area contributed by atoms with Crippen LogP contribution in [-0.2, 0) is 10.0 Å². The normalized spacial score (nSPS) is 23.5. The van der Waals surface area contributed by atoms with Gasteiger partial charge in [-0.05, 0) is 44.2 Å². The smallest absolute Gasteiger partial charge is 0.211 e. The van der Waals surface area contributed by atoms with E-state index in [-0.39, 0.29) is 5.54 Å². The van der Waals surface area contributed by atoms with Crippen molar-refractivity contribution in [2.24, 2.45) is 0 Å². The Kier molecular flexibility index (Phi) is 3.33. The minimum Gasteiger partial charge on any atom is -0.278 e. The van der Waals surface area contributed by atoms with E-state index in [1.54, 1.807) is 4.31 Å². The van der Waals surface area contributed by atoms with Crippen LogP contribution in [0.2, 0.25) is 0 Å². The summed E-state index contributed by atoms with van der Waals surface area (Å²) in [5.74, 6) is 0.360. The van der Waals surface area contributed by atoms with Gasteiger partial charge in [-0.25, -0.2) is 8.42 Å². The molecular weight excluding hydrogens is 286 g/mol. The summed E-state index contributed by atoms with van der Waals surface area (Å²) < 4.78 is 25.5. The van der Waals surface area contributed by atoms with Crippen molar-refractivity contribution in [1.29, 1.82) is 0 Å². The van der Waals surface area contributed by atoms with Gasteiger partial charge in [-0.2, -0.15) is 9.40 Å². The molecule has 21 heavy (non-hydrogen) atoms. The summed E-state index contributed by atoms with van der Waals surface area (Å²) in [7, 11) is -3.16. The summed E-state index contributed by atoms with van der Waals surface area (Å²) >= 11 is 0. The molecule has 6 heteroatoms. The number of hydrogen-bond donors (Lipinski definition) is 1. The van der Waals surface area contributed by atoms with Crippen LogP contribution in [0.25, 0.3) is 10.9 Å². The van der Waals surface area contributed by atoms with Gasteiger partial charge in [0.05, 0.1) is 18.0 Å². The van der Waals surface area contributed by atoms with Crippen molar-refractivity contribution >= 4 is 20.9 Å². The highest BCUT2D eigenvalue weighted by atomic mass is 32.2. The van der Waals surface area contributed by atoms with Gasteiger partial charge in [0.15, 0.2) is 0 Å². The molecule has 1 aromatic carbocycles. The standard InChI is InChI=1S/C15H21N3O2S/c1-15(2)9-11(7-8-18(15)21(3,19)20)12-5-4-6-14-13(12)10-16-17-14/h4-6,10-11H,7-9H2,1-3H3,(H,16,17). The SMILES string of the molecule is CC1(C)CC(c2cccc3[nH]ncc23)CCN1S(C)(=O)=O. The molecule has 1 saturated heterocycles. The first-order valence-corrected chi connectivity index (χ1v) is 9.04. The van der Waals surface area contributed by atoms with E-state index in [2.05, 4.69) is 16.3 Å². The fourth-order valence-electron chi connectivity index (χ4n) is 3.61. The molecule has 0 bridgehead atoms. The van der Waals surface area contributed by atoms with Crippen LogP contribution in [0, 0.1) is 0 Å². The van der Waals surface area contributed by atoms with Gasteiger partial charge in [-0.3, -0.25) is 5.10 Å². The number of hydrogen-bond acceptors (Lipinski definition) is 3. The first-order valence-electron chi connectivity index (χ1n) is 7.19. The second-order valence-corrected chi connectivity index (χ2v) is 8.42. The molecule has 0 saturated carbocycles. The lowest BCUT2D eigenvalue weighted by atomic mass is 9.79. The molecule has 1 aromatic heterocycles. The maximum absolute atomic E-state index is 11.9. The second-order valence-electron chi connectivity index (χ2n) is 6.52. The number of benzene rings is 1. The molecule has 5 nitrogen and oxygen atoms in total. The molecule has 0 aliphatic carbocycles. The van der Waals surface area contributed by atoms with E-state index in [4.69, 9.17) is 0 Å². The molecule has 1 fully saturated rings. The minimum absolute atomic E-state index is 0.359. The quantitative estimate of drug-likeness (QED) is 0.927. The number of sulfonamides is 1. The number of piperidine rings is 1. The zero-order valence-electron chi connectivity index (χ0n) is 12.6. The van der Waals surface area contributed by atoms with Crippen molar-refractivity contribution in [2.45, 2.75) is 38.1 Å². The fraction of sp³-hybridized carbons (Fsp3) is 0.533. The number of H-pyrrole nitrogens is 1. The topological polar surface area (TPSA) is 66.1 Å². The molecule has 3 rings (SSSR count). The maximum atomic E-state index is 11.9. The van der Waals surface area contributed by atoms with Crippen molar-refractivity contribution in [2.75, 3.05) is 12.8 Å². The largest absolute Gasteiger partial charge is 0.278 e. The van der Waals surface area contributed by atoms with Crippen LogP contribution < -0.4 is 0 Å². The van der Waals surface area contributed by atoms with Gasteiger partial charge in [0.25, 0.3) is 0 Å². The highest BCUT2D eigenvalue weighted by Crippen LogP contribution is 2.40. The number of nitrogens with zero attached hydrogens (tertiary/aromatic N) is 2. The van der Waals surface area contributed by atoms with Gasteiger partial charge in [-0.15, -0.1) is 0 Å². The fourth-order valence-corrected chi connectivity index (χ4v) is 5.02. The molecule has 0 spiro atoms. The van der Waals surface area contributed by atoms with E-state index in [0.717, 1.165) is 23.7 Å². The molecule has 1 atom stereocenters. The van der Waals surface area contributed by atoms with Crippen LogP contribution in [0.15, 0.2) is 24.4 Å². The Labute approximate surface area is 125 Å². The highest BCUT2D eigenvalue weighted by Gasteiger charge is 2.40. The molecule has 1 N–H and O–H groups in total. The van der Waals surface area contributed by atoms with Gasteiger partial charge >= 0.3 is 0 Å². The Bertz CT molecular complexity index is 764. The van der Waals surface area contributed by atoms with Crippen LogP contribution in [0.5, 0.6) is 0 Å². The summed E-state index contributed by atoms with van der Waals surface area (Å²) in [6.07, 6.45) is 4.83. The molecule has 1 unspecified atom stereocenters. The van der Waals surface area contributed by atoms with Gasteiger partial charge < -0.3 is 0 Å². The minimum atomic E-state index is -3.16. The summed E-state index contributed by atoms with van der Waals surface area (Å²) in [6.45, 7) is 4.59. The van der Waals surface area contributed by atoms with Crippen molar-refractivity contribution < 1.29 is 8.42 Å². The number of fused-ring (bicyclic) bond motifs is 1. The van der Waals surface area contributed by atoms with Crippen LogP contribution in [-0.4, -0.2) is 41.3 Å². The molecule has 0 radical (unpaired) electrons. The van der Waals surface area contributed by atoms with Crippen molar-refractivity contribution in [3.05, 3.63) is 30.0 Å². The van der Waals surface area contributed by atoms with E-state index in [9.17, 15) is 8.42 Å². The monoisotopic (exact) mass is 307 g/mol. The van der Waals surface area contributed by atoms with Crippen molar-refractivity contribution in [1.82, 2.24) is 14.5 Å². The third kappa shape index (κ3) is 2.58.